The second kappa shape index (κ2) is 6.35. The molecule has 4 atom stereocenters. The summed E-state index contributed by atoms with van der Waals surface area (Å²) in [6, 6.07) is 2.33. The minimum Gasteiger partial charge on any atom is -0.496 e. The summed E-state index contributed by atoms with van der Waals surface area (Å²) < 4.78 is 20.8. The van der Waals surface area contributed by atoms with E-state index >= 15 is 0 Å². The van der Waals surface area contributed by atoms with Crippen LogP contribution in [0.3, 0.4) is 0 Å². The number of ether oxygens (including phenoxy) is 4. The maximum Gasteiger partial charge on any atom is 0.410 e. The van der Waals surface area contributed by atoms with Crippen molar-refractivity contribution in [3.63, 3.8) is 0 Å². The van der Waals surface area contributed by atoms with Gasteiger partial charge in [0.1, 0.15) is 24.0 Å². The zero-order chi connectivity index (χ0) is 20.2. The van der Waals surface area contributed by atoms with Gasteiger partial charge in [-0.1, -0.05) is 0 Å². The Hall–Kier alpha value is -2.85. The molecule has 10 nitrogen and oxygen atoms in total. The zero-order valence-electron chi connectivity index (χ0n) is 15.8. The number of hydrogen-bond donors (Lipinski definition) is 0. The number of carbonyl (C=O) groups excluding carboxylic acids is 3. The predicted octanol–water partition coefficient (Wildman–Crippen LogP) is 0.691. The topological polar surface area (TPSA) is 104 Å². The lowest BCUT2D eigenvalue weighted by Gasteiger charge is -2.48. The van der Waals surface area contributed by atoms with Gasteiger partial charge in [-0.15, -0.1) is 0 Å². The molecule has 1 aromatic carbocycles. The van der Waals surface area contributed by atoms with Gasteiger partial charge in [-0.05, 0) is 12.1 Å². The fraction of sp³-hybridized carbons (Fsp3) is 0.500. The van der Waals surface area contributed by atoms with Gasteiger partial charge < -0.3 is 23.7 Å². The smallest absolute Gasteiger partial charge is 0.410 e. The molecule has 0 saturated carbocycles. The van der Waals surface area contributed by atoms with E-state index in [0.717, 1.165) is 0 Å². The molecule has 2 fully saturated rings. The summed E-state index contributed by atoms with van der Waals surface area (Å²) in [5.41, 5.74) is 1.26. The van der Waals surface area contributed by atoms with E-state index in [0.29, 0.717) is 29.8 Å². The molecule has 2 bridgehead atoms. The average Bonchev–Trinajstić information content (AvgIpc) is 3.47. The van der Waals surface area contributed by atoms with E-state index in [9.17, 15) is 14.4 Å². The number of anilines is 1. The van der Waals surface area contributed by atoms with E-state index in [1.54, 1.807) is 6.07 Å². The first-order valence-electron chi connectivity index (χ1n) is 8.61. The Labute approximate surface area is 160 Å². The van der Waals surface area contributed by atoms with Crippen LogP contribution in [0.2, 0.25) is 0 Å². The number of methoxy groups -OCH3 is 4. The molecule has 3 aliphatic heterocycles. The third-order valence-corrected chi connectivity index (χ3v) is 5.56. The molecule has 1 amide bonds. The molecule has 0 radical (unpaired) electrons. The largest absolute Gasteiger partial charge is 0.496 e. The van der Waals surface area contributed by atoms with Crippen LogP contribution in [0.4, 0.5) is 10.5 Å². The van der Waals surface area contributed by atoms with E-state index in [4.69, 9.17) is 23.8 Å². The van der Waals surface area contributed by atoms with Crippen molar-refractivity contribution in [1.29, 1.82) is 0 Å². The van der Waals surface area contributed by atoms with E-state index in [1.165, 1.54) is 44.5 Å². The van der Waals surface area contributed by atoms with Crippen molar-refractivity contribution in [1.82, 2.24) is 4.90 Å². The molecule has 3 aliphatic rings. The molecular formula is C18H20N2O8. The molecule has 4 rings (SSSR count). The van der Waals surface area contributed by atoms with Crippen molar-refractivity contribution in [3.05, 3.63) is 23.3 Å². The minimum absolute atomic E-state index is 0.249. The van der Waals surface area contributed by atoms with Crippen LogP contribution in [0.25, 0.3) is 0 Å². The molecule has 1 aromatic rings. The SMILES string of the molecule is COC(=O)c1cc(OC)c2c(c1)N1C[C@@H]3[C@@H](N3C(=O)OC)[C@](OC)(O1)[C@@H]2C=O. The van der Waals surface area contributed by atoms with Gasteiger partial charge in [0.2, 0.25) is 5.79 Å². The van der Waals surface area contributed by atoms with Crippen molar-refractivity contribution in [2.45, 2.75) is 23.8 Å². The molecule has 0 unspecified atom stereocenters. The quantitative estimate of drug-likeness (QED) is 0.416. The summed E-state index contributed by atoms with van der Waals surface area (Å²) >= 11 is 0. The fourth-order valence-electron chi connectivity index (χ4n) is 4.29. The molecule has 150 valence electrons. The van der Waals surface area contributed by atoms with Crippen molar-refractivity contribution in [2.75, 3.05) is 40.0 Å². The molecular weight excluding hydrogens is 372 g/mol. The monoisotopic (exact) mass is 392 g/mol. The lowest BCUT2D eigenvalue weighted by Crippen LogP contribution is -2.60. The van der Waals surface area contributed by atoms with Gasteiger partial charge in [-0.3, -0.25) is 4.90 Å². The summed E-state index contributed by atoms with van der Waals surface area (Å²) in [7, 11) is 5.43. The molecule has 2 saturated heterocycles. The Morgan fingerprint density at radius 3 is 2.54 bits per heavy atom. The maximum absolute atomic E-state index is 12.2. The van der Waals surface area contributed by atoms with Gasteiger partial charge in [-0.2, -0.15) is 0 Å². The van der Waals surface area contributed by atoms with E-state index in [-0.39, 0.29) is 11.6 Å². The third-order valence-electron chi connectivity index (χ3n) is 5.56. The van der Waals surface area contributed by atoms with Crippen LogP contribution in [0.5, 0.6) is 5.75 Å². The third kappa shape index (κ3) is 2.24. The van der Waals surface area contributed by atoms with Crippen LogP contribution >= 0.6 is 0 Å². The fourth-order valence-corrected chi connectivity index (χ4v) is 4.29. The highest BCUT2D eigenvalue weighted by atomic mass is 16.8. The molecule has 0 N–H and O–H groups in total. The van der Waals surface area contributed by atoms with E-state index in [1.807, 2.05) is 0 Å². The molecule has 0 spiro atoms. The lowest BCUT2D eigenvalue weighted by atomic mass is 9.83. The Morgan fingerprint density at radius 1 is 1.21 bits per heavy atom. The number of hydrogen-bond acceptors (Lipinski definition) is 9. The number of nitrogens with zero attached hydrogens (tertiary/aromatic N) is 2. The maximum atomic E-state index is 12.2. The van der Waals surface area contributed by atoms with Crippen LogP contribution in [0.15, 0.2) is 12.1 Å². The van der Waals surface area contributed by atoms with Crippen molar-refractivity contribution < 1.29 is 38.2 Å². The Morgan fingerprint density at radius 2 is 1.96 bits per heavy atom. The number of amides is 1. The highest BCUT2D eigenvalue weighted by Gasteiger charge is 2.73. The van der Waals surface area contributed by atoms with Crippen molar-refractivity contribution >= 4 is 24.0 Å². The van der Waals surface area contributed by atoms with Crippen LogP contribution in [0.1, 0.15) is 21.8 Å². The highest BCUT2D eigenvalue weighted by molar-refractivity contribution is 5.93. The standard InChI is InChI=1S/C18H20N2O8/c1-24-13-6-9(16(22)25-2)5-11-14(13)10(8-21)18(27-4)15-12(7-19(11)28-18)20(15)17(23)26-3/h5-6,8,10,12,15H,7H2,1-4H3/t10-,12-,15-,18-,20?/m1/s1. The van der Waals surface area contributed by atoms with Crippen LogP contribution < -0.4 is 9.80 Å². The van der Waals surface area contributed by atoms with Crippen LogP contribution in [-0.4, -0.2) is 76.1 Å². The predicted molar refractivity (Wildman–Crippen MR) is 93.1 cm³/mol. The highest BCUT2D eigenvalue weighted by Crippen LogP contribution is 2.57. The Kier molecular flexibility index (Phi) is 4.20. The average molecular weight is 392 g/mol. The Bertz CT molecular complexity index is 858. The second-order valence-electron chi connectivity index (χ2n) is 6.68. The van der Waals surface area contributed by atoms with Gasteiger partial charge in [0.25, 0.3) is 0 Å². The first-order chi connectivity index (χ1) is 13.5. The summed E-state index contributed by atoms with van der Waals surface area (Å²) in [5.74, 6) is -2.54. The first kappa shape index (κ1) is 18.5. The number of benzene rings is 1. The first-order valence-corrected chi connectivity index (χ1v) is 8.61. The molecule has 28 heavy (non-hydrogen) atoms. The van der Waals surface area contributed by atoms with Gasteiger partial charge >= 0.3 is 12.1 Å². The van der Waals surface area contributed by atoms with Crippen molar-refractivity contribution in [3.8, 4) is 5.75 Å². The lowest BCUT2D eigenvalue weighted by molar-refractivity contribution is -0.256. The number of hydroxylamine groups is 1. The summed E-state index contributed by atoms with van der Waals surface area (Å²) in [5, 5.41) is 1.53. The normalized spacial score (nSPS) is 29.4. The van der Waals surface area contributed by atoms with Gasteiger partial charge in [0.05, 0.1) is 45.2 Å². The van der Waals surface area contributed by atoms with Crippen LogP contribution in [-0.2, 0) is 23.8 Å². The second-order valence-corrected chi connectivity index (χ2v) is 6.68. The number of carbonyl (C=O) groups is 3. The number of esters is 1. The minimum atomic E-state index is -1.42. The van der Waals surface area contributed by atoms with Gasteiger partial charge in [0, 0.05) is 12.7 Å². The summed E-state index contributed by atoms with van der Waals surface area (Å²) in [4.78, 5) is 43.9. The van der Waals surface area contributed by atoms with E-state index in [2.05, 4.69) is 0 Å². The number of aldehydes is 1. The summed E-state index contributed by atoms with van der Waals surface area (Å²) in [6.07, 6.45) is 0.176. The number of fused-ring (bicyclic) bond motifs is 6. The zero-order valence-corrected chi connectivity index (χ0v) is 15.8. The molecule has 3 heterocycles. The molecule has 10 heteroatoms. The molecule has 0 aromatic heterocycles. The summed E-state index contributed by atoms with van der Waals surface area (Å²) in [6.45, 7) is 0.317. The number of rotatable bonds is 4. The van der Waals surface area contributed by atoms with Crippen molar-refractivity contribution in [2.24, 2.45) is 0 Å². The van der Waals surface area contributed by atoms with Gasteiger partial charge in [0.15, 0.2) is 0 Å². The molecule has 0 aliphatic carbocycles. The van der Waals surface area contributed by atoms with E-state index < -0.39 is 29.8 Å². The van der Waals surface area contributed by atoms with Gasteiger partial charge in [-0.25, -0.2) is 19.5 Å². The Balaban J connectivity index is 1.89. The van der Waals surface area contributed by atoms with Crippen LogP contribution in [0, 0.1) is 0 Å².